The van der Waals surface area contributed by atoms with Crippen molar-refractivity contribution in [2.24, 2.45) is 0 Å². The Balaban J connectivity index is 2.25. The van der Waals surface area contributed by atoms with Gasteiger partial charge < -0.3 is 16.2 Å². The molecule has 88 valence electrons. The van der Waals surface area contributed by atoms with Crippen LogP contribution >= 0.6 is 15.9 Å². The van der Waals surface area contributed by atoms with E-state index in [1.165, 1.54) is 0 Å². The summed E-state index contributed by atoms with van der Waals surface area (Å²) in [7, 11) is 0. The van der Waals surface area contributed by atoms with Gasteiger partial charge in [-0.25, -0.2) is 0 Å². The monoisotopic (exact) mass is 292 g/mol. The zero-order chi connectivity index (χ0) is 12.4. The van der Waals surface area contributed by atoms with E-state index in [-0.39, 0.29) is 0 Å². The Bertz CT molecular complexity index is 506. The predicted octanol–water partition coefficient (Wildman–Crippen LogP) is 3.71. The molecular weight excluding hydrogens is 280 g/mol. The van der Waals surface area contributed by atoms with Gasteiger partial charge in [0.15, 0.2) is 0 Å². The highest BCUT2D eigenvalue weighted by Gasteiger charge is 2.02. The van der Waals surface area contributed by atoms with Crippen LogP contribution in [-0.4, -0.2) is 0 Å². The van der Waals surface area contributed by atoms with Crippen molar-refractivity contribution >= 4 is 27.3 Å². The number of anilines is 2. The first-order chi connectivity index (χ1) is 8.06. The number of ether oxygens (including phenoxy) is 1. The molecule has 3 nitrogen and oxygen atoms in total. The molecule has 0 aliphatic rings. The lowest BCUT2D eigenvalue weighted by Crippen LogP contribution is -1.94. The molecule has 0 radical (unpaired) electrons. The molecule has 4 N–H and O–H groups in total. The molecule has 0 saturated heterocycles. The van der Waals surface area contributed by atoms with Crippen LogP contribution in [-0.2, 0) is 0 Å². The molecule has 0 saturated carbocycles. The van der Waals surface area contributed by atoms with Crippen molar-refractivity contribution in [2.75, 3.05) is 11.5 Å². The molecule has 0 spiro atoms. The second-order valence-corrected chi connectivity index (χ2v) is 4.66. The summed E-state index contributed by atoms with van der Waals surface area (Å²) in [4.78, 5) is 0. The average Bonchev–Trinajstić information content (AvgIpc) is 2.29. The summed E-state index contributed by atoms with van der Waals surface area (Å²) in [6.07, 6.45) is 0. The molecule has 2 aromatic rings. The molecule has 0 heterocycles. The van der Waals surface area contributed by atoms with Crippen molar-refractivity contribution in [3.63, 3.8) is 0 Å². The topological polar surface area (TPSA) is 61.3 Å². The van der Waals surface area contributed by atoms with Crippen molar-refractivity contribution in [1.29, 1.82) is 0 Å². The zero-order valence-corrected chi connectivity index (χ0v) is 11.0. The number of rotatable bonds is 2. The second kappa shape index (κ2) is 4.67. The Hall–Kier alpha value is -1.68. The first-order valence-corrected chi connectivity index (χ1v) is 5.94. The van der Waals surface area contributed by atoms with Crippen LogP contribution in [0.5, 0.6) is 11.5 Å². The number of halogens is 1. The number of nitrogens with two attached hydrogens (primary N) is 2. The minimum Gasteiger partial charge on any atom is -0.457 e. The fourth-order valence-electron chi connectivity index (χ4n) is 1.43. The summed E-state index contributed by atoms with van der Waals surface area (Å²) in [6.45, 7) is 2.01. The molecule has 0 amide bonds. The van der Waals surface area contributed by atoms with E-state index < -0.39 is 0 Å². The van der Waals surface area contributed by atoms with Crippen LogP contribution in [0.25, 0.3) is 0 Å². The molecule has 2 aromatic carbocycles. The second-order valence-electron chi connectivity index (χ2n) is 3.80. The molecule has 0 atom stereocenters. The first-order valence-electron chi connectivity index (χ1n) is 5.15. The molecule has 0 aliphatic carbocycles. The van der Waals surface area contributed by atoms with E-state index in [1.54, 1.807) is 18.2 Å². The van der Waals surface area contributed by atoms with Gasteiger partial charge in [-0.1, -0.05) is 15.9 Å². The van der Waals surface area contributed by atoms with E-state index in [4.69, 9.17) is 16.2 Å². The smallest absolute Gasteiger partial charge is 0.129 e. The standard InChI is InChI=1S/C13H13BrN2O/c1-8-6-9(2-4-11(8)14)17-10-3-5-12(15)13(16)7-10/h2-7H,15-16H2,1H3. The van der Waals surface area contributed by atoms with Crippen LogP contribution in [0, 0.1) is 6.92 Å². The van der Waals surface area contributed by atoms with Gasteiger partial charge in [-0.05, 0) is 42.8 Å². The lowest BCUT2D eigenvalue weighted by Gasteiger charge is -2.09. The van der Waals surface area contributed by atoms with E-state index in [0.717, 1.165) is 15.8 Å². The minimum absolute atomic E-state index is 0.524. The summed E-state index contributed by atoms with van der Waals surface area (Å²) in [6, 6.07) is 11.0. The summed E-state index contributed by atoms with van der Waals surface area (Å²) >= 11 is 3.44. The van der Waals surface area contributed by atoms with Gasteiger partial charge in [-0.2, -0.15) is 0 Å². The molecule has 0 bridgehead atoms. The summed E-state index contributed by atoms with van der Waals surface area (Å²) < 4.78 is 6.75. The van der Waals surface area contributed by atoms with E-state index >= 15 is 0 Å². The van der Waals surface area contributed by atoms with Gasteiger partial charge in [0.05, 0.1) is 11.4 Å². The van der Waals surface area contributed by atoms with Crippen molar-refractivity contribution in [2.45, 2.75) is 6.92 Å². The summed E-state index contributed by atoms with van der Waals surface area (Å²) in [5.74, 6) is 1.45. The average molecular weight is 293 g/mol. The van der Waals surface area contributed by atoms with Crippen molar-refractivity contribution < 1.29 is 4.74 Å². The molecule has 0 aromatic heterocycles. The van der Waals surface area contributed by atoms with Crippen LogP contribution in [0.2, 0.25) is 0 Å². The minimum atomic E-state index is 0.524. The Labute approximate surface area is 109 Å². The molecule has 0 fully saturated rings. The van der Waals surface area contributed by atoms with Gasteiger partial charge in [0, 0.05) is 10.5 Å². The van der Waals surface area contributed by atoms with E-state index in [1.807, 2.05) is 25.1 Å². The van der Waals surface area contributed by atoms with Gasteiger partial charge >= 0.3 is 0 Å². The van der Waals surface area contributed by atoms with E-state index in [2.05, 4.69) is 15.9 Å². The fraction of sp³-hybridized carbons (Fsp3) is 0.0769. The highest BCUT2D eigenvalue weighted by Crippen LogP contribution is 2.28. The third-order valence-corrected chi connectivity index (χ3v) is 3.31. The highest BCUT2D eigenvalue weighted by atomic mass is 79.9. The third-order valence-electron chi connectivity index (χ3n) is 2.42. The Kier molecular flexibility index (Phi) is 3.24. The predicted molar refractivity (Wildman–Crippen MR) is 74.2 cm³/mol. The number of nitrogen functional groups attached to an aromatic ring is 2. The lowest BCUT2D eigenvalue weighted by molar-refractivity contribution is 0.482. The third kappa shape index (κ3) is 2.71. The maximum Gasteiger partial charge on any atom is 0.129 e. The number of aryl methyl sites for hydroxylation is 1. The van der Waals surface area contributed by atoms with Gasteiger partial charge in [0.2, 0.25) is 0 Å². The van der Waals surface area contributed by atoms with Gasteiger partial charge in [-0.15, -0.1) is 0 Å². The Morgan fingerprint density at radius 1 is 0.941 bits per heavy atom. The lowest BCUT2D eigenvalue weighted by atomic mass is 10.2. The largest absolute Gasteiger partial charge is 0.457 e. The van der Waals surface area contributed by atoms with Gasteiger partial charge in [0.25, 0.3) is 0 Å². The van der Waals surface area contributed by atoms with Crippen LogP contribution in [0.15, 0.2) is 40.9 Å². The molecule has 4 heteroatoms. The maximum atomic E-state index is 5.72. The molecule has 0 unspecified atom stereocenters. The van der Waals surface area contributed by atoms with Crippen LogP contribution in [0.4, 0.5) is 11.4 Å². The fourth-order valence-corrected chi connectivity index (χ4v) is 1.68. The van der Waals surface area contributed by atoms with E-state index in [9.17, 15) is 0 Å². The van der Waals surface area contributed by atoms with Gasteiger partial charge in [-0.3, -0.25) is 0 Å². The molecular formula is C13H13BrN2O. The summed E-state index contributed by atoms with van der Waals surface area (Å²) in [5.41, 5.74) is 13.6. The molecule has 2 rings (SSSR count). The summed E-state index contributed by atoms with van der Waals surface area (Å²) in [5, 5.41) is 0. The Morgan fingerprint density at radius 2 is 1.59 bits per heavy atom. The SMILES string of the molecule is Cc1cc(Oc2ccc(N)c(N)c2)ccc1Br. The van der Waals surface area contributed by atoms with Crippen molar-refractivity contribution in [3.8, 4) is 11.5 Å². The molecule has 0 aliphatic heterocycles. The maximum absolute atomic E-state index is 5.72. The van der Waals surface area contributed by atoms with Crippen molar-refractivity contribution in [3.05, 3.63) is 46.4 Å². The first kappa shape index (κ1) is 11.8. The Morgan fingerprint density at radius 3 is 2.24 bits per heavy atom. The number of hydrogen-bond acceptors (Lipinski definition) is 3. The quantitative estimate of drug-likeness (QED) is 0.830. The van der Waals surface area contributed by atoms with Crippen molar-refractivity contribution in [1.82, 2.24) is 0 Å². The highest BCUT2D eigenvalue weighted by molar-refractivity contribution is 9.10. The number of benzene rings is 2. The van der Waals surface area contributed by atoms with Crippen LogP contribution in [0.1, 0.15) is 5.56 Å². The zero-order valence-electron chi connectivity index (χ0n) is 9.41. The normalized spacial score (nSPS) is 10.2. The van der Waals surface area contributed by atoms with Crippen LogP contribution in [0.3, 0.4) is 0 Å². The number of hydrogen-bond donors (Lipinski definition) is 2. The van der Waals surface area contributed by atoms with Gasteiger partial charge in [0.1, 0.15) is 11.5 Å². The van der Waals surface area contributed by atoms with Crippen LogP contribution < -0.4 is 16.2 Å². The molecule has 17 heavy (non-hydrogen) atoms. The van der Waals surface area contributed by atoms with E-state index in [0.29, 0.717) is 17.1 Å².